The van der Waals surface area contributed by atoms with Crippen LogP contribution in [0, 0.1) is 0 Å². The number of benzene rings is 1. The third-order valence-corrected chi connectivity index (χ3v) is 3.93. The van der Waals surface area contributed by atoms with Crippen LogP contribution in [0.4, 0.5) is 5.69 Å². The summed E-state index contributed by atoms with van der Waals surface area (Å²) < 4.78 is 0. The maximum absolute atomic E-state index is 5.61. The molecule has 4 nitrogen and oxygen atoms in total. The Balaban J connectivity index is 1.82. The van der Waals surface area contributed by atoms with Gasteiger partial charge in [0.2, 0.25) is 0 Å². The van der Waals surface area contributed by atoms with Crippen molar-refractivity contribution in [2.24, 2.45) is 10.7 Å². The van der Waals surface area contributed by atoms with E-state index in [-0.39, 0.29) is 5.88 Å². The molecule has 0 radical (unpaired) electrons. The van der Waals surface area contributed by atoms with E-state index in [4.69, 9.17) is 17.3 Å². The van der Waals surface area contributed by atoms with Gasteiger partial charge in [-0.3, -0.25) is 0 Å². The summed E-state index contributed by atoms with van der Waals surface area (Å²) in [7, 11) is 2.18. The van der Waals surface area contributed by atoms with Crippen molar-refractivity contribution < 1.29 is 0 Å². The molecule has 3 N–H and O–H groups in total. The van der Waals surface area contributed by atoms with Gasteiger partial charge in [-0.05, 0) is 50.7 Å². The third kappa shape index (κ3) is 4.78. The first-order valence-corrected chi connectivity index (χ1v) is 7.60. The highest BCUT2D eigenvalue weighted by atomic mass is 35.5. The van der Waals surface area contributed by atoms with Gasteiger partial charge in [0.1, 0.15) is 5.84 Å². The summed E-state index contributed by atoms with van der Waals surface area (Å²) in [5.74, 6) is 0.711. The molecule has 0 saturated carbocycles. The first-order valence-electron chi connectivity index (χ1n) is 7.07. The van der Waals surface area contributed by atoms with Crippen molar-refractivity contribution in [2.45, 2.75) is 25.4 Å². The average Bonchev–Trinajstić information content (AvgIpc) is 2.48. The number of halogens is 1. The fraction of sp³-hybridized carbons (Fsp3) is 0.533. The van der Waals surface area contributed by atoms with Gasteiger partial charge >= 0.3 is 0 Å². The lowest BCUT2D eigenvalue weighted by atomic mass is 10.1. The van der Waals surface area contributed by atoms with Crippen LogP contribution in [-0.2, 0) is 6.54 Å². The van der Waals surface area contributed by atoms with E-state index >= 15 is 0 Å². The highest BCUT2D eigenvalue weighted by molar-refractivity contribution is 6.28. The van der Waals surface area contributed by atoms with Crippen LogP contribution in [0.3, 0.4) is 0 Å². The summed E-state index contributed by atoms with van der Waals surface area (Å²) in [5.41, 5.74) is 7.74. The Morgan fingerprint density at radius 1 is 1.35 bits per heavy atom. The second kappa shape index (κ2) is 7.62. The molecule has 0 spiro atoms. The quantitative estimate of drug-likeness (QED) is 0.497. The lowest BCUT2D eigenvalue weighted by Gasteiger charge is -2.29. The van der Waals surface area contributed by atoms with Crippen LogP contribution < -0.4 is 11.1 Å². The Morgan fingerprint density at radius 3 is 2.60 bits per heavy atom. The average molecular weight is 295 g/mol. The Labute approximate surface area is 126 Å². The Morgan fingerprint density at radius 2 is 2.00 bits per heavy atom. The summed E-state index contributed by atoms with van der Waals surface area (Å²) in [6.07, 6.45) is 2.45. The molecule has 1 heterocycles. The molecule has 0 bridgehead atoms. The van der Waals surface area contributed by atoms with Crippen molar-refractivity contribution in [3.05, 3.63) is 29.8 Å². The summed E-state index contributed by atoms with van der Waals surface area (Å²) in [5, 5.41) is 3.62. The smallest absolute Gasteiger partial charge is 0.115 e. The molecule has 1 aromatic rings. The molecule has 1 aliphatic rings. The number of alkyl halides is 1. The van der Waals surface area contributed by atoms with Gasteiger partial charge in [-0.25, -0.2) is 4.99 Å². The minimum atomic E-state index is 0.263. The molecule has 0 aliphatic carbocycles. The molecule has 20 heavy (non-hydrogen) atoms. The van der Waals surface area contributed by atoms with E-state index in [2.05, 4.69) is 34.4 Å². The zero-order valence-corrected chi connectivity index (χ0v) is 12.7. The van der Waals surface area contributed by atoms with Gasteiger partial charge < -0.3 is 16.0 Å². The number of amidine groups is 1. The zero-order chi connectivity index (χ0) is 14.4. The molecule has 110 valence electrons. The number of hydrogen-bond acceptors (Lipinski definition) is 3. The van der Waals surface area contributed by atoms with Crippen molar-refractivity contribution in [2.75, 3.05) is 26.0 Å². The molecule has 2 rings (SSSR count). The molecular formula is C15H23ClN4. The Kier molecular flexibility index (Phi) is 5.83. The number of nitrogens with one attached hydrogen (secondary N) is 1. The van der Waals surface area contributed by atoms with Crippen molar-refractivity contribution in [3.8, 4) is 0 Å². The van der Waals surface area contributed by atoms with Crippen LogP contribution in [0.25, 0.3) is 0 Å². The number of aliphatic imine (C=N–C) groups is 1. The number of nitrogens with zero attached hydrogens (tertiary/aromatic N) is 2. The Bertz CT molecular complexity index is 436. The van der Waals surface area contributed by atoms with E-state index in [1.807, 2.05) is 12.1 Å². The van der Waals surface area contributed by atoms with Gasteiger partial charge in [-0.2, -0.15) is 0 Å². The SMILES string of the molecule is CN1CCC(NCc2ccc(N=C(N)CCl)cc2)CC1. The van der Waals surface area contributed by atoms with E-state index in [0.717, 1.165) is 12.2 Å². The Hall–Kier alpha value is -1.10. The van der Waals surface area contributed by atoms with Gasteiger partial charge in [0.15, 0.2) is 0 Å². The maximum Gasteiger partial charge on any atom is 0.115 e. The van der Waals surface area contributed by atoms with Gasteiger partial charge in [0, 0.05) is 12.6 Å². The van der Waals surface area contributed by atoms with E-state index in [9.17, 15) is 0 Å². The maximum atomic E-state index is 5.61. The van der Waals surface area contributed by atoms with Crippen LogP contribution >= 0.6 is 11.6 Å². The standard InChI is InChI=1S/C15H23ClN4/c1-20-8-6-13(7-9-20)18-11-12-2-4-14(5-3-12)19-15(17)10-16/h2-5,13,18H,6-11H2,1H3,(H2,17,19). The minimum absolute atomic E-state index is 0.263. The molecule has 0 amide bonds. The largest absolute Gasteiger partial charge is 0.386 e. The first kappa shape index (κ1) is 15.3. The summed E-state index contributed by atoms with van der Waals surface area (Å²) in [6, 6.07) is 8.76. The van der Waals surface area contributed by atoms with Gasteiger partial charge in [0.05, 0.1) is 11.6 Å². The number of piperidine rings is 1. The monoisotopic (exact) mass is 294 g/mol. The molecule has 0 unspecified atom stereocenters. The summed E-state index contributed by atoms with van der Waals surface area (Å²) in [6.45, 7) is 3.27. The summed E-state index contributed by atoms with van der Waals surface area (Å²) in [4.78, 5) is 6.59. The van der Waals surface area contributed by atoms with Gasteiger partial charge in [0.25, 0.3) is 0 Å². The fourth-order valence-electron chi connectivity index (χ4n) is 2.36. The van der Waals surface area contributed by atoms with Crippen molar-refractivity contribution in [1.82, 2.24) is 10.2 Å². The lowest BCUT2D eigenvalue weighted by molar-refractivity contribution is 0.234. The molecule has 1 fully saturated rings. The minimum Gasteiger partial charge on any atom is -0.386 e. The molecule has 0 aromatic heterocycles. The number of nitrogens with two attached hydrogens (primary N) is 1. The lowest BCUT2D eigenvalue weighted by Crippen LogP contribution is -2.40. The van der Waals surface area contributed by atoms with E-state index in [0.29, 0.717) is 11.9 Å². The van der Waals surface area contributed by atoms with Gasteiger partial charge in [-0.15, -0.1) is 11.6 Å². The second-order valence-corrected chi connectivity index (χ2v) is 5.63. The zero-order valence-electron chi connectivity index (χ0n) is 12.0. The van der Waals surface area contributed by atoms with E-state index in [1.165, 1.54) is 31.5 Å². The number of rotatable bonds is 5. The summed E-state index contributed by atoms with van der Waals surface area (Å²) >= 11 is 5.61. The van der Waals surface area contributed by atoms with Crippen LogP contribution in [0.5, 0.6) is 0 Å². The molecule has 1 aliphatic heterocycles. The topological polar surface area (TPSA) is 53.6 Å². The van der Waals surface area contributed by atoms with Crippen LogP contribution in [0.2, 0.25) is 0 Å². The normalized spacial score (nSPS) is 18.4. The predicted octanol–water partition coefficient (Wildman–Crippen LogP) is 2.10. The van der Waals surface area contributed by atoms with Crippen molar-refractivity contribution in [3.63, 3.8) is 0 Å². The first-order chi connectivity index (χ1) is 9.67. The van der Waals surface area contributed by atoms with Crippen LogP contribution in [0.1, 0.15) is 18.4 Å². The van der Waals surface area contributed by atoms with Crippen LogP contribution in [0.15, 0.2) is 29.3 Å². The predicted molar refractivity (Wildman–Crippen MR) is 85.8 cm³/mol. The molecule has 5 heteroatoms. The third-order valence-electron chi connectivity index (χ3n) is 3.66. The number of likely N-dealkylation sites (tertiary alicyclic amines) is 1. The van der Waals surface area contributed by atoms with Crippen molar-refractivity contribution >= 4 is 23.1 Å². The fourth-order valence-corrected chi connectivity index (χ4v) is 2.42. The van der Waals surface area contributed by atoms with E-state index in [1.54, 1.807) is 0 Å². The highest BCUT2D eigenvalue weighted by Gasteiger charge is 2.15. The second-order valence-electron chi connectivity index (χ2n) is 5.36. The molecule has 1 aromatic carbocycles. The molecular weight excluding hydrogens is 272 g/mol. The molecule has 1 saturated heterocycles. The van der Waals surface area contributed by atoms with E-state index < -0.39 is 0 Å². The van der Waals surface area contributed by atoms with Crippen LogP contribution in [-0.4, -0.2) is 42.8 Å². The van der Waals surface area contributed by atoms with Crippen molar-refractivity contribution in [1.29, 1.82) is 0 Å². The number of hydrogen-bond donors (Lipinski definition) is 2. The highest BCUT2D eigenvalue weighted by Crippen LogP contribution is 2.14. The molecule has 0 atom stereocenters. The van der Waals surface area contributed by atoms with Gasteiger partial charge in [-0.1, -0.05) is 12.1 Å².